The Kier molecular flexibility index (Phi) is 5.47. The van der Waals surface area contributed by atoms with Crippen LogP contribution in [0.15, 0.2) is 54.6 Å². The second-order valence-corrected chi connectivity index (χ2v) is 6.61. The molecule has 3 atom stereocenters. The van der Waals surface area contributed by atoms with E-state index in [9.17, 15) is 5.11 Å². The van der Waals surface area contributed by atoms with Crippen molar-refractivity contribution in [2.75, 3.05) is 6.54 Å². The highest BCUT2D eigenvalue weighted by Crippen LogP contribution is 2.24. The van der Waals surface area contributed by atoms with Gasteiger partial charge in [0.2, 0.25) is 0 Å². The summed E-state index contributed by atoms with van der Waals surface area (Å²) in [4.78, 5) is 0. The van der Waals surface area contributed by atoms with Gasteiger partial charge in [-0.3, -0.25) is 0 Å². The van der Waals surface area contributed by atoms with Crippen molar-refractivity contribution >= 4 is 0 Å². The summed E-state index contributed by atoms with van der Waals surface area (Å²) in [5, 5.41) is 14.0. The lowest BCUT2D eigenvalue weighted by molar-refractivity contribution is 0.119. The molecule has 122 valence electrons. The van der Waals surface area contributed by atoms with Gasteiger partial charge in [0.15, 0.2) is 0 Å². The van der Waals surface area contributed by atoms with E-state index >= 15 is 0 Å². The molecule has 2 heteroatoms. The zero-order valence-electron chi connectivity index (χ0n) is 13.9. The third kappa shape index (κ3) is 4.01. The lowest BCUT2D eigenvalue weighted by atomic mass is 9.86. The first-order valence-corrected chi connectivity index (χ1v) is 8.81. The first-order valence-electron chi connectivity index (χ1n) is 8.81. The fraction of sp³-hybridized carbons (Fsp3) is 0.429. The number of nitrogens with one attached hydrogen (secondary N) is 1. The maximum atomic E-state index is 10.4. The van der Waals surface area contributed by atoms with Gasteiger partial charge in [-0.2, -0.15) is 0 Å². The number of rotatable bonds is 6. The Morgan fingerprint density at radius 3 is 2.35 bits per heavy atom. The maximum Gasteiger partial charge on any atom is 0.0736 e. The summed E-state index contributed by atoms with van der Waals surface area (Å²) >= 11 is 0. The molecule has 3 unspecified atom stereocenters. The first kappa shape index (κ1) is 16.2. The van der Waals surface area contributed by atoms with Gasteiger partial charge in [-0.1, -0.05) is 61.5 Å². The van der Waals surface area contributed by atoms with Crippen molar-refractivity contribution in [1.82, 2.24) is 5.32 Å². The molecule has 23 heavy (non-hydrogen) atoms. The molecule has 0 saturated heterocycles. The molecule has 2 aromatic carbocycles. The highest BCUT2D eigenvalue weighted by molar-refractivity contribution is 5.31. The smallest absolute Gasteiger partial charge is 0.0736 e. The summed E-state index contributed by atoms with van der Waals surface area (Å²) in [6, 6.07) is 19.4. The van der Waals surface area contributed by atoms with Gasteiger partial charge >= 0.3 is 0 Å². The number of benzene rings is 2. The van der Waals surface area contributed by atoms with Gasteiger partial charge in [-0.05, 0) is 48.4 Å². The van der Waals surface area contributed by atoms with E-state index in [-0.39, 0.29) is 12.1 Å². The fourth-order valence-electron chi connectivity index (χ4n) is 3.68. The molecular weight excluding hydrogens is 282 g/mol. The summed E-state index contributed by atoms with van der Waals surface area (Å²) in [6.45, 7) is 3.21. The molecule has 1 aliphatic rings. The van der Waals surface area contributed by atoms with Gasteiger partial charge in [0.05, 0.1) is 6.10 Å². The van der Waals surface area contributed by atoms with Crippen LogP contribution in [-0.2, 0) is 12.8 Å². The lowest BCUT2D eigenvalue weighted by Gasteiger charge is -2.31. The number of aliphatic hydroxyl groups is 1. The molecule has 0 bridgehead atoms. The summed E-state index contributed by atoms with van der Waals surface area (Å²) in [5.74, 6) is 0.594. The largest absolute Gasteiger partial charge is 0.391 e. The Morgan fingerprint density at radius 2 is 1.65 bits per heavy atom. The van der Waals surface area contributed by atoms with Gasteiger partial charge in [0, 0.05) is 12.5 Å². The quantitative estimate of drug-likeness (QED) is 0.853. The number of hydrogen-bond acceptors (Lipinski definition) is 2. The van der Waals surface area contributed by atoms with Gasteiger partial charge in [-0.15, -0.1) is 0 Å². The minimum absolute atomic E-state index is 0.179. The van der Waals surface area contributed by atoms with Gasteiger partial charge in [-0.25, -0.2) is 0 Å². The van der Waals surface area contributed by atoms with E-state index in [1.54, 1.807) is 0 Å². The Hall–Kier alpha value is -1.64. The van der Waals surface area contributed by atoms with Gasteiger partial charge < -0.3 is 10.4 Å². The molecule has 0 aliphatic heterocycles. The van der Waals surface area contributed by atoms with Crippen LogP contribution in [0.1, 0.15) is 42.4 Å². The molecular formula is C21H27NO. The molecule has 2 nitrogen and oxygen atoms in total. The highest BCUT2D eigenvalue weighted by Gasteiger charge is 2.26. The van der Waals surface area contributed by atoms with Crippen LogP contribution < -0.4 is 5.32 Å². The van der Waals surface area contributed by atoms with E-state index in [0.29, 0.717) is 5.92 Å². The number of hydrogen-bond donors (Lipinski definition) is 2. The van der Waals surface area contributed by atoms with Crippen LogP contribution in [0.3, 0.4) is 0 Å². The molecule has 0 heterocycles. The van der Waals surface area contributed by atoms with Gasteiger partial charge in [0.25, 0.3) is 0 Å². The van der Waals surface area contributed by atoms with E-state index in [1.807, 2.05) is 0 Å². The predicted octanol–water partition coefficient (Wildman–Crippen LogP) is 3.69. The molecule has 3 rings (SSSR count). The van der Waals surface area contributed by atoms with Crippen LogP contribution in [0.4, 0.5) is 0 Å². The van der Waals surface area contributed by atoms with Crippen LogP contribution in [0.2, 0.25) is 0 Å². The highest BCUT2D eigenvalue weighted by atomic mass is 16.3. The molecule has 0 amide bonds. The SMILES string of the molecule is CCC(CCNC1Cc2ccccc2CC1O)c1ccccc1. The zero-order chi connectivity index (χ0) is 16.1. The van der Waals surface area contributed by atoms with Crippen molar-refractivity contribution in [2.24, 2.45) is 0 Å². The average Bonchev–Trinajstić information content (AvgIpc) is 2.60. The Labute approximate surface area is 139 Å². The van der Waals surface area contributed by atoms with Crippen molar-refractivity contribution < 1.29 is 5.11 Å². The van der Waals surface area contributed by atoms with Crippen molar-refractivity contribution in [3.63, 3.8) is 0 Å². The third-order valence-electron chi connectivity index (χ3n) is 5.11. The molecule has 2 aromatic rings. The van der Waals surface area contributed by atoms with E-state index in [4.69, 9.17) is 0 Å². The molecule has 0 spiro atoms. The van der Waals surface area contributed by atoms with E-state index < -0.39 is 0 Å². The zero-order valence-corrected chi connectivity index (χ0v) is 13.9. The van der Waals surface area contributed by atoms with E-state index in [2.05, 4.69) is 66.8 Å². The minimum Gasteiger partial charge on any atom is -0.391 e. The molecule has 0 saturated carbocycles. The van der Waals surface area contributed by atoms with Crippen LogP contribution in [0.5, 0.6) is 0 Å². The predicted molar refractivity (Wildman–Crippen MR) is 95.7 cm³/mol. The van der Waals surface area contributed by atoms with Crippen LogP contribution >= 0.6 is 0 Å². The van der Waals surface area contributed by atoms with Crippen molar-refractivity contribution in [3.8, 4) is 0 Å². The standard InChI is InChI=1S/C21H27NO/c1-2-16(17-8-4-3-5-9-17)12-13-22-20-14-18-10-6-7-11-19(18)15-21(20)23/h3-11,16,20-23H,2,12-15H2,1H3. The lowest BCUT2D eigenvalue weighted by Crippen LogP contribution is -2.46. The molecule has 0 aromatic heterocycles. The Balaban J connectivity index is 1.54. The number of aliphatic hydroxyl groups excluding tert-OH is 1. The first-order chi connectivity index (χ1) is 11.3. The minimum atomic E-state index is -0.276. The summed E-state index contributed by atoms with van der Waals surface area (Å²) in [6.07, 6.45) is 3.69. The van der Waals surface area contributed by atoms with E-state index in [1.165, 1.54) is 16.7 Å². The topological polar surface area (TPSA) is 32.3 Å². The number of fused-ring (bicyclic) bond motifs is 1. The second-order valence-electron chi connectivity index (χ2n) is 6.61. The monoisotopic (exact) mass is 309 g/mol. The normalized spacial score (nSPS) is 21.7. The molecule has 2 N–H and O–H groups in total. The van der Waals surface area contributed by atoms with Crippen molar-refractivity contribution in [3.05, 3.63) is 71.3 Å². The summed E-state index contributed by atoms with van der Waals surface area (Å²) in [7, 11) is 0. The maximum absolute atomic E-state index is 10.4. The fourth-order valence-corrected chi connectivity index (χ4v) is 3.68. The Morgan fingerprint density at radius 1 is 1.00 bits per heavy atom. The van der Waals surface area contributed by atoms with Gasteiger partial charge in [0.1, 0.15) is 0 Å². The Bertz CT molecular complexity index is 610. The molecule has 0 fully saturated rings. The van der Waals surface area contributed by atoms with Crippen LogP contribution in [0.25, 0.3) is 0 Å². The van der Waals surface area contributed by atoms with Crippen molar-refractivity contribution in [1.29, 1.82) is 0 Å². The molecule has 0 radical (unpaired) electrons. The summed E-state index contributed by atoms with van der Waals surface area (Å²) in [5.41, 5.74) is 4.10. The second kappa shape index (κ2) is 7.76. The van der Waals surface area contributed by atoms with Crippen LogP contribution in [0, 0.1) is 0 Å². The van der Waals surface area contributed by atoms with Crippen LogP contribution in [-0.4, -0.2) is 23.8 Å². The van der Waals surface area contributed by atoms with E-state index in [0.717, 1.165) is 32.2 Å². The third-order valence-corrected chi connectivity index (χ3v) is 5.11. The average molecular weight is 309 g/mol. The summed E-state index contributed by atoms with van der Waals surface area (Å²) < 4.78 is 0. The molecule has 1 aliphatic carbocycles. The van der Waals surface area contributed by atoms with Crippen molar-refractivity contribution in [2.45, 2.75) is 50.7 Å².